The van der Waals surface area contributed by atoms with Gasteiger partial charge in [0.25, 0.3) is 0 Å². The summed E-state index contributed by atoms with van der Waals surface area (Å²) in [6.45, 7) is 3.12. The average Bonchev–Trinajstić information content (AvgIpc) is 3.63. The maximum Gasteiger partial charge on any atom is 0.193 e. The normalized spacial score (nSPS) is 11.3. The molecule has 0 aliphatic heterocycles. The second kappa shape index (κ2) is 16.8. The van der Waals surface area contributed by atoms with E-state index in [9.17, 15) is 9.59 Å². The Labute approximate surface area is 298 Å². The Kier molecular flexibility index (Phi) is 11.1. The predicted molar refractivity (Wildman–Crippen MR) is 197 cm³/mol. The van der Waals surface area contributed by atoms with Crippen molar-refractivity contribution in [1.29, 1.82) is 0 Å². The van der Waals surface area contributed by atoms with Gasteiger partial charge >= 0.3 is 0 Å². The van der Waals surface area contributed by atoms with Crippen molar-refractivity contribution in [3.05, 3.63) is 142 Å². The van der Waals surface area contributed by atoms with E-state index in [-0.39, 0.29) is 10.9 Å². The van der Waals surface area contributed by atoms with Gasteiger partial charge < -0.3 is 27.8 Å². The first kappa shape index (κ1) is 34.4. The number of fused-ring (bicyclic) bond motifs is 2. The van der Waals surface area contributed by atoms with Gasteiger partial charge in [-0.25, -0.2) is 4.68 Å². The Balaban J connectivity index is 0.769. The first-order valence-electron chi connectivity index (χ1n) is 17.2. The average molecular weight is 700 g/mol. The minimum atomic E-state index is -0.101. The lowest BCUT2D eigenvalue weighted by Crippen LogP contribution is -2.13. The molecule has 0 atom stereocenters. The molecule has 0 N–H and O–H groups in total. The van der Waals surface area contributed by atoms with Crippen LogP contribution in [0, 0.1) is 0 Å². The maximum atomic E-state index is 12.6. The molecule has 3 aromatic heterocycles. The van der Waals surface area contributed by atoms with Gasteiger partial charge in [-0.1, -0.05) is 65.9 Å². The van der Waals surface area contributed by atoms with Gasteiger partial charge in [-0.15, -0.1) is 5.10 Å². The highest BCUT2D eigenvalue weighted by molar-refractivity contribution is 5.81. The summed E-state index contributed by atoms with van der Waals surface area (Å²) in [4.78, 5) is 25.2. The van der Waals surface area contributed by atoms with E-state index in [0.29, 0.717) is 97.6 Å². The number of hydrogen-bond acceptors (Lipinski definition) is 10. The molecule has 52 heavy (non-hydrogen) atoms. The summed E-state index contributed by atoms with van der Waals surface area (Å²) in [5, 5.41) is 9.46. The summed E-state index contributed by atoms with van der Waals surface area (Å²) >= 11 is 0. The lowest BCUT2D eigenvalue weighted by molar-refractivity contribution is 0.0333. The highest BCUT2D eigenvalue weighted by Crippen LogP contribution is 2.26. The number of ether oxygens (including phenoxy) is 4. The van der Waals surface area contributed by atoms with Crippen molar-refractivity contribution in [2.24, 2.45) is 0 Å². The van der Waals surface area contributed by atoms with Gasteiger partial charge in [0.05, 0.1) is 56.0 Å². The van der Waals surface area contributed by atoms with E-state index >= 15 is 0 Å². The fourth-order valence-electron chi connectivity index (χ4n) is 5.64. The third-order valence-corrected chi connectivity index (χ3v) is 8.28. The van der Waals surface area contributed by atoms with Gasteiger partial charge in [0.1, 0.15) is 40.8 Å². The Morgan fingerprint density at radius 1 is 0.577 bits per heavy atom. The summed E-state index contributed by atoms with van der Waals surface area (Å²) in [6.07, 6.45) is 3.36. The zero-order chi connectivity index (χ0) is 35.5. The van der Waals surface area contributed by atoms with Crippen molar-refractivity contribution in [1.82, 2.24) is 15.0 Å². The highest BCUT2D eigenvalue weighted by atomic mass is 16.5. The van der Waals surface area contributed by atoms with Crippen molar-refractivity contribution in [2.45, 2.75) is 19.4 Å². The molecule has 0 saturated carbocycles. The topological polar surface area (TPSA) is 128 Å². The third-order valence-electron chi connectivity index (χ3n) is 8.28. The van der Waals surface area contributed by atoms with E-state index in [2.05, 4.69) is 10.3 Å². The largest absolute Gasteiger partial charge is 0.493 e. The molecule has 0 spiro atoms. The van der Waals surface area contributed by atoms with Crippen LogP contribution in [0.15, 0.2) is 134 Å². The summed E-state index contributed by atoms with van der Waals surface area (Å²) in [5.41, 5.74) is 3.32. The molecule has 0 saturated heterocycles. The zero-order valence-electron chi connectivity index (χ0n) is 28.4. The van der Waals surface area contributed by atoms with Crippen LogP contribution >= 0.6 is 0 Å². The molecule has 11 heteroatoms. The van der Waals surface area contributed by atoms with E-state index in [4.69, 9.17) is 27.8 Å². The number of aromatic nitrogens is 3. The van der Waals surface area contributed by atoms with E-state index in [0.717, 1.165) is 23.2 Å². The monoisotopic (exact) mass is 699 g/mol. The molecular formula is C41H37N3O8. The SMILES string of the molecule is O=c1cc(-c2ccccc2)oc2cc(OCCCc3cn(CCOCCOCCOc4ccc5c(=O)cc(-c6ccccc6)oc5c4)nn3)ccc12. The predicted octanol–water partition coefficient (Wildman–Crippen LogP) is 6.95. The minimum Gasteiger partial charge on any atom is -0.493 e. The Morgan fingerprint density at radius 3 is 1.71 bits per heavy atom. The van der Waals surface area contributed by atoms with Crippen molar-refractivity contribution in [3.63, 3.8) is 0 Å². The molecule has 4 aromatic carbocycles. The van der Waals surface area contributed by atoms with E-state index < -0.39 is 0 Å². The number of nitrogens with zero attached hydrogens (tertiary/aromatic N) is 3. The van der Waals surface area contributed by atoms with Crippen LogP contribution in [-0.4, -0.2) is 54.6 Å². The first-order valence-corrected chi connectivity index (χ1v) is 17.2. The molecule has 0 aliphatic rings. The van der Waals surface area contributed by atoms with Gasteiger partial charge in [0.2, 0.25) is 0 Å². The molecule has 0 fully saturated rings. The van der Waals surface area contributed by atoms with Gasteiger partial charge in [0.15, 0.2) is 10.9 Å². The minimum absolute atomic E-state index is 0.0921. The number of hydrogen-bond donors (Lipinski definition) is 0. The van der Waals surface area contributed by atoms with Crippen LogP contribution in [0.3, 0.4) is 0 Å². The lowest BCUT2D eigenvalue weighted by atomic mass is 10.1. The van der Waals surface area contributed by atoms with Crippen molar-refractivity contribution >= 4 is 21.9 Å². The molecule has 7 aromatic rings. The van der Waals surface area contributed by atoms with Crippen molar-refractivity contribution < 1.29 is 27.8 Å². The Morgan fingerprint density at radius 2 is 1.12 bits per heavy atom. The second-order valence-corrected chi connectivity index (χ2v) is 12.0. The summed E-state index contributed by atoms with van der Waals surface area (Å²) in [5.74, 6) is 2.27. The Bertz CT molecular complexity index is 2350. The maximum absolute atomic E-state index is 12.6. The van der Waals surface area contributed by atoms with Gasteiger partial charge in [-0.3, -0.25) is 9.59 Å². The molecular weight excluding hydrogens is 662 g/mol. The standard InChI is InChI=1S/C41H37N3O8/c45-36-26-38(29-8-3-1-4-9-29)51-40-24-32(13-15-34(36)40)49-18-7-12-31-28-44(43-42-31)17-19-47-20-21-48-22-23-50-33-14-16-35-37(46)27-39(52-41(35)25-33)30-10-5-2-6-11-30/h1-6,8-11,13-16,24-28H,7,12,17-23H2. The second-order valence-electron chi connectivity index (χ2n) is 12.0. The highest BCUT2D eigenvalue weighted by Gasteiger charge is 2.10. The van der Waals surface area contributed by atoms with E-state index in [1.165, 1.54) is 12.1 Å². The number of rotatable bonds is 17. The molecule has 7 rings (SSSR count). The van der Waals surface area contributed by atoms with Gasteiger partial charge in [-0.05, 0) is 37.1 Å². The van der Waals surface area contributed by atoms with Crippen LogP contribution in [0.4, 0.5) is 0 Å². The lowest BCUT2D eigenvalue weighted by Gasteiger charge is -2.09. The van der Waals surface area contributed by atoms with Crippen LogP contribution < -0.4 is 20.3 Å². The van der Waals surface area contributed by atoms with E-state index in [1.807, 2.05) is 66.9 Å². The van der Waals surface area contributed by atoms with Crippen LogP contribution in [0.25, 0.3) is 44.6 Å². The summed E-state index contributed by atoms with van der Waals surface area (Å²) < 4.78 is 36.9. The molecule has 3 heterocycles. The van der Waals surface area contributed by atoms with Crippen LogP contribution in [0.2, 0.25) is 0 Å². The van der Waals surface area contributed by atoms with Crippen LogP contribution in [0.1, 0.15) is 12.1 Å². The smallest absolute Gasteiger partial charge is 0.193 e. The Hall–Kier alpha value is -6.04. The fourth-order valence-corrected chi connectivity index (χ4v) is 5.64. The summed E-state index contributed by atoms with van der Waals surface area (Å²) in [6, 6.07) is 32.6. The fraction of sp³-hybridized carbons (Fsp3) is 0.220. The number of benzene rings is 4. The van der Waals surface area contributed by atoms with Crippen LogP contribution in [-0.2, 0) is 22.4 Å². The third kappa shape index (κ3) is 8.81. The van der Waals surface area contributed by atoms with Crippen LogP contribution in [0.5, 0.6) is 11.5 Å². The summed E-state index contributed by atoms with van der Waals surface area (Å²) in [7, 11) is 0. The molecule has 0 amide bonds. The molecule has 0 radical (unpaired) electrons. The molecule has 0 aliphatic carbocycles. The van der Waals surface area contributed by atoms with E-state index in [1.54, 1.807) is 41.1 Å². The zero-order valence-corrected chi connectivity index (χ0v) is 28.4. The molecule has 264 valence electrons. The number of aryl methyl sites for hydroxylation is 1. The van der Waals surface area contributed by atoms with Crippen molar-refractivity contribution in [2.75, 3.05) is 39.6 Å². The van der Waals surface area contributed by atoms with Gasteiger partial charge in [-0.2, -0.15) is 0 Å². The quantitative estimate of drug-likeness (QED) is 0.0922. The molecule has 0 unspecified atom stereocenters. The molecule has 0 bridgehead atoms. The van der Waals surface area contributed by atoms with Crippen molar-refractivity contribution in [3.8, 4) is 34.1 Å². The van der Waals surface area contributed by atoms with Gasteiger partial charge in [0, 0.05) is 41.6 Å². The molecule has 11 nitrogen and oxygen atoms in total. The first-order chi connectivity index (χ1) is 25.6.